The zero-order valence-corrected chi connectivity index (χ0v) is 17.2. The third-order valence-corrected chi connectivity index (χ3v) is 4.99. The Morgan fingerprint density at radius 1 is 1.07 bits per heavy atom. The van der Waals surface area contributed by atoms with E-state index in [1.165, 1.54) is 5.56 Å². The van der Waals surface area contributed by atoms with Crippen LogP contribution in [0, 0.1) is 0 Å². The summed E-state index contributed by atoms with van der Waals surface area (Å²) in [5, 5.41) is 13.7. The Morgan fingerprint density at radius 3 is 2.62 bits per heavy atom. The van der Waals surface area contributed by atoms with Crippen LogP contribution in [0.5, 0.6) is 11.5 Å². The first-order valence-electron chi connectivity index (χ1n) is 10.3. The number of β-amino-alcohol motifs (C(OH)–C–C–N with tert-alkyl or cyclic N) is 1. The summed E-state index contributed by atoms with van der Waals surface area (Å²) in [7, 11) is 1.64. The summed E-state index contributed by atoms with van der Waals surface area (Å²) in [5.41, 5.74) is 2.47. The number of rotatable bonds is 11. The molecule has 2 aromatic rings. The molecule has 6 heteroatoms. The van der Waals surface area contributed by atoms with E-state index in [1.54, 1.807) is 7.11 Å². The zero-order valence-electron chi connectivity index (χ0n) is 17.2. The molecule has 1 aliphatic heterocycles. The van der Waals surface area contributed by atoms with Crippen molar-refractivity contribution >= 4 is 0 Å². The van der Waals surface area contributed by atoms with Crippen LogP contribution in [0.15, 0.2) is 48.5 Å². The predicted octanol–water partition coefficient (Wildman–Crippen LogP) is 2.10. The Labute approximate surface area is 173 Å². The number of morpholine rings is 1. The summed E-state index contributed by atoms with van der Waals surface area (Å²) in [6, 6.07) is 16.4. The fraction of sp³-hybridized carbons (Fsp3) is 0.478. The minimum absolute atomic E-state index is 0.238. The zero-order chi connectivity index (χ0) is 20.3. The molecule has 2 aromatic carbocycles. The van der Waals surface area contributed by atoms with Gasteiger partial charge < -0.3 is 24.6 Å². The smallest absolute Gasteiger partial charge is 0.161 e. The van der Waals surface area contributed by atoms with E-state index >= 15 is 0 Å². The van der Waals surface area contributed by atoms with Crippen molar-refractivity contribution in [1.82, 2.24) is 10.2 Å². The van der Waals surface area contributed by atoms with Crippen LogP contribution < -0.4 is 14.8 Å². The first-order valence-corrected chi connectivity index (χ1v) is 10.3. The van der Waals surface area contributed by atoms with Crippen LogP contribution in [0.3, 0.4) is 0 Å². The lowest BCUT2D eigenvalue weighted by Gasteiger charge is -2.28. The van der Waals surface area contributed by atoms with Crippen LogP contribution in [0.4, 0.5) is 0 Å². The maximum atomic E-state index is 10.3. The maximum Gasteiger partial charge on any atom is 0.161 e. The third-order valence-electron chi connectivity index (χ3n) is 4.99. The summed E-state index contributed by atoms with van der Waals surface area (Å²) in [6.07, 6.45) is 0.456. The van der Waals surface area contributed by atoms with E-state index in [1.807, 2.05) is 24.3 Å². The molecule has 3 rings (SSSR count). The number of nitrogens with one attached hydrogen (secondary N) is 1. The Hall–Kier alpha value is -2.12. The molecule has 158 valence electrons. The second-order valence-electron chi connectivity index (χ2n) is 7.28. The molecule has 1 aliphatic rings. The number of aliphatic hydroxyl groups is 1. The number of nitrogens with zero attached hydrogens (tertiary/aromatic N) is 1. The molecule has 6 nitrogen and oxygen atoms in total. The highest BCUT2D eigenvalue weighted by molar-refractivity contribution is 5.43. The molecule has 1 fully saturated rings. The molecule has 0 radical (unpaired) electrons. The predicted molar refractivity (Wildman–Crippen MR) is 114 cm³/mol. The van der Waals surface area contributed by atoms with Gasteiger partial charge in [-0.2, -0.15) is 0 Å². The molecule has 0 amide bonds. The number of methoxy groups -OCH3 is 1. The van der Waals surface area contributed by atoms with Crippen LogP contribution in [0.25, 0.3) is 0 Å². The van der Waals surface area contributed by atoms with Gasteiger partial charge in [0, 0.05) is 26.2 Å². The topological polar surface area (TPSA) is 63.2 Å². The van der Waals surface area contributed by atoms with Crippen molar-refractivity contribution < 1.29 is 19.3 Å². The molecule has 0 bridgehead atoms. The van der Waals surface area contributed by atoms with E-state index in [2.05, 4.69) is 34.5 Å². The highest BCUT2D eigenvalue weighted by atomic mass is 16.5. The van der Waals surface area contributed by atoms with E-state index in [0.717, 1.165) is 51.4 Å². The SMILES string of the molecule is COc1cc(CNCCc2ccccc2)ccc1OC[C@H](O)CN1CCOCC1. The summed E-state index contributed by atoms with van der Waals surface area (Å²) >= 11 is 0. The van der Waals surface area contributed by atoms with Crippen LogP contribution in [0.2, 0.25) is 0 Å². The van der Waals surface area contributed by atoms with Gasteiger partial charge in [0.1, 0.15) is 12.7 Å². The maximum absolute atomic E-state index is 10.3. The molecule has 29 heavy (non-hydrogen) atoms. The molecule has 0 saturated carbocycles. The summed E-state index contributed by atoms with van der Waals surface area (Å²) in [5.74, 6) is 1.34. The van der Waals surface area contributed by atoms with Crippen molar-refractivity contribution in [3.63, 3.8) is 0 Å². The first-order chi connectivity index (χ1) is 14.2. The molecule has 0 unspecified atom stereocenters. The van der Waals surface area contributed by atoms with Gasteiger partial charge in [0.15, 0.2) is 11.5 Å². The average Bonchev–Trinajstić information content (AvgIpc) is 2.77. The molecular formula is C23H32N2O4. The highest BCUT2D eigenvalue weighted by Crippen LogP contribution is 2.28. The van der Waals surface area contributed by atoms with Gasteiger partial charge >= 0.3 is 0 Å². The molecule has 2 N–H and O–H groups in total. The van der Waals surface area contributed by atoms with E-state index in [4.69, 9.17) is 14.2 Å². The van der Waals surface area contributed by atoms with Gasteiger partial charge in [0.25, 0.3) is 0 Å². The van der Waals surface area contributed by atoms with Crippen LogP contribution in [-0.4, -0.2) is 69.2 Å². The van der Waals surface area contributed by atoms with Crippen LogP contribution in [0.1, 0.15) is 11.1 Å². The number of ether oxygens (including phenoxy) is 3. The van der Waals surface area contributed by atoms with Gasteiger partial charge in [0.05, 0.1) is 20.3 Å². The first kappa shape index (κ1) is 21.6. The molecule has 0 aliphatic carbocycles. The average molecular weight is 401 g/mol. The highest BCUT2D eigenvalue weighted by Gasteiger charge is 2.16. The minimum Gasteiger partial charge on any atom is -0.493 e. The monoisotopic (exact) mass is 400 g/mol. The molecular weight excluding hydrogens is 368 g/mol. The van der Waals surface area contributed by atoms with Crippen molar-refractivity contribution in [3.8, 4) is 11.5 Å². The summed E-state index contributed by atoms with van der Waals surface area (Å²) < 4.78 is 16.6. The van der Waals surface area contributed by atoms with Gasteiger partial charge in [0.2, 0.25) is 0 Å². The van der Waals surface area contributed by atoms with Crippen molar-refractivity contribution in [1.29, 1.82) is 0 Å². The molecule has 1 heterocycles. The van der Waals surface area contributed by atoms with Gasteiger partial charge in [-0.1, -0.05) is 36.4 Å². The van der Waals surface area contributed by atoms with Gasteiger partial charge in [-0.05, 0) is 36.2 Å². The van der Waals surface area contributed by atoms with Crippen molar-refractivity contribution in [2.24, 2.45) is 0 Å². The van der Waals surface area contributed by atoms with Gasteiger partial charge in [-0.3, -0.25) is 4.90 Å². The number of hydrogen-bond acceptors (Lipinski definition) is 6. The van der Waals surface area contributed by atoms with E-state index in [0.29, 0.717) is 18.0 Å². The largest absolute Gasteiger partial charge is 0.493 e. The summed E-state index contributed by atoms with van der Waals surface area (Å²) in [6.45, 7) is 5.67. The number of aliphatic hydroxyl groups excluding tert-OH is 1. The van der Waals surface area contributed by atoms with Crippen LogP contribution in [-0.2, 0) is 17.7 Å². The lowest BCUT2D eigenvalue weighted by atomic mass is 10.1. The second kappa shape index (κ2) is 11.8. The molecule has 0 aromatic heterocycles. The fourth-order valence-corrected chi connectivity index (χ4v) is 3.37. The quantitative estimate of drug-likeness (QED) is 0.564. The van der Waals surface area contributed by atoms with Crippen molar-refractivity contribution in [2.75, 3.05) is 53.1 Å². The van der Waals surface area contributed by atoms with Crippen LogP contribution >= 0.6 is 0 Å². The molecule has 1 saturated heterocycles. The van der Waals surface area contributed by atoms with Gasteiger partial charge in [-0.15, -0.1) is 0 Å². The molecule has 0 spiro atoms. The standard InChI is InChI=1S/C23H32N2O4/c1-27-23-15-20(16-24-10-9-19-5-3-2-4-6-19)7-8-22(23)29-18-21(26)17-25-11-13-28-14-12-25/h2-8,15,21,24,26H,9-14,16-18H2,1H3/t21-/m1/s1. The summed E-state index contributed by atoms with van der Waals surface area (Å²) in [4.78, 5) is 2.19. The Morgan fingerprint density at radius 2 is 1.86 bits per heavy atom. The fourth-order valence-electron chi connectivity index (χ4n) is 3.37. The third kappa shape index (κ3) is 7.33. The number of hydrogen-bond donors (Lipinski definition) is 2. The van der Waals surface area contributed by atoms with E-state index in [-0.39, 0.29) is 6.61 Å². The Bertz CT molecular complexity index is 720. The number of benzene rings is 2. The lowest BCUT2D eigenvalue weighted by molar-refractivity contribution is 0.00445. The van der Waals surface area contributed by atoms with E-state index < -0.39 is 6.10 Å². The normalized spacial score (nSPS) is 15.8. The lowest BCUT2D eigenvalue weighted by Crippen LogP contribution is -2.42. The Balaban J connectivity index is 1.42. The molecule has 1 atom stereocenters. The van der Waals surface area contributed by atoms with Crippen molar-refractivity contribution in [3.05, 3.63) is 59.7 Å². The van der Waals surface area contributed by atoms with Gasteiger partial charge in [-0.25, -0.2) is 0 Å². The van der Waals surface area contributed by atoms with E-state index in [9.17, 15) is 5.11 Å². The minimum atomic E-state index is -0.544. The second-order valence-corrected chi connectivity index (χ2v) is 7.28. The Kier molecular flexibility index (Phi) is 8.77. The van der Waals surface area contributed by atoms with Crippen molar-refractivity contribution in [2.45, 2.75) is 19.1 Å².